The molecule has 5 nitrogen and oxygen atoms in total. The SMILES string of the molecule is CN=C(NC1CC1c1ccccc1OC(F)(F)F)N(C)CCC1CCOCC1.I. The third-order valence-corrected chi connectivity index (χ3v) is 5.44. The molecule has 0 aromatic heterocycles. The summed E-state index contributed by atoms with van der Waals surface area (Å²) in [5, 5.41) is 3.38. The van der Waals surface area contributed by atoms with Crippen LogP contribution in [0.2, 0.25) is 0 Å². The summed E-state index contributed by atoms with van der Waals surface area (Å²) >= 11 is 0. The van der Waals surface area contributed by atoms with E-state index >= 15 is 0 Å². The molecular formula is C20H29F3IN3O2. The van der Waals surface area contributed by atoms with Gasteiger partial charge in [-0.15, -0.1) is 37.1 Å². The van der Waals surface area contributed by atoms with Gasteiger partial charge in [0.2, 0.25) is 0 Å². The van der Waals surface area contributed by atoms with Crippen molar-refractivity contribution in [3.63, 3.8) is 0 Å². The van der Waals surface area contributed by atoms with E-state index < -0.39 is 6.36 Å². The van der Waals surface area contributed by atoms with Gasteiger partial charge >= 0.3 is 6.36 Å². The highest BCUT2D eigenvalue weighted by Gasteiger charge is 2.42. The van der Waals surface area contributed by atoms with Crippen molar-refractivity contribution in [2.24, 2.45) is 10.9 Å². The number of hydrogen-bond acceptors (Lipinski definition) is 3. The van der Waals surface area contributed by atoms with E-state index in [1.165, 1.54) is 6.07 Å². The summed E-state index contributed by atoms with van der Waals surface area (Å²) in [6, 6.07) is 6.42. The van der Waals surface area contributed by atoms with Gasteiger partial charge in [0, 0.05) is 45.8 Å². The van der Waals surface area contributed by atoms with Gasteiger partial charge in [-0.05, 0) is 43.2 Å². The number of aliphatic imine (C=N–C) groups is 1. The molecule has 1 aromatic carbocycles. The molecule has 3 rings (SSSR count). The molecule has 1 heterocycles. The van der Waals surface area contributed by atoms with Crippen molar-refractivity contribution in [2.45, 2.75) is 44.0 Å². The summed E-state index contributed by atoms with van der Waals surface area (Å²) < 4.78 is 47.5. The van der Waals surface area contributed by atoms with Crippen molar-refractivity contribution in [2.75, 3.05) is 33.9 Å². The molecule has 2 aliphatic rings. The molecule has 2 fully saturated rings. The Balaban J connectivity index is 0.00000300. The van der Waals surface area contributed by atoms with Crippen LogP contribution in [-0.4, -0.2) is 57.1 Å². The normalized spacial score (nSPS) is 22.6. The molecule has 0 bridgehead atoms. The molecule has 1 aliphatic heterocycles. The number of hydrogen-bond donors (Lipinski definition) is 1. The molecule has 1 N–H and O–H groups in total. The van der Waals surface area contributed by atoms with Crippen molar-refractivity contribution in [3.05, 3.63) is 29.8 Å². The lowest BCUT2D eigenvalue weighted by molar-refractivity contribution is -0.274. The third-order valence-electron chi connectivity index (χ3n) is 5.44. The zero-order chi connectivity index (χ0) is 20.1. The zero-order valence-corrected chi connectivity index (χ0v) is 19.1. The Labute approximate surface area is 187 Å². The lowest BCUT2D eigenvalue weighted by atomic mass is 9.96. The predicted octanol–water partition coefficient (Wildman–Crippen LogP) is 4.38. The molecule has 164 valence electrons. The number of guanidine groups is 1. The second-order valence-corrected chi connectivity index (χ2v) is 7.49. The molecule has 1 aliphatic carbocycles. The lowest BCUT2D eigenvalue weighted by Crippen LogP contribution is -2.41. The van der Waals surface area contributed by atoms with Gasteiger partial charge in [-0.2, -0.15) is 0 Å². The minimum atomic E-state index is -4.69. The maximum Gasteiger partial charge on any atom is 0.573 e. The zero-order valence-electron chi connectivity index (χ0n) is 16.7. The smallest absolute Gasteiger partial charge is 0.405 e. The summed E-state index contributed by atoms with van der Waals surface area (Å²) in [5.41, 5.74) is 0.581. The first kappa shape index (κ1) is 24.0. The quantitative estimate of drug-likeness (QED) is 0.339. The van der Waals surface area contributed by atoms with E-state index in [0.29, 0.717) is 11.5 Å². The summed E-state index contributed by atoms with van der Waals surface area (Å²) in [6.07, 6.45) is -0.655. The highest BCUT2D eigenvalue weighted by atomic mass is 127. The van der Waals surface area contributed by atoms with E-state index in [2.05, 4.69) is 19.9 Å². The Hall–Kier alpha value is -1.23. The molecule has 1 saturated carbocycles. The monoisotopic (exact) mass is 527 g/mol. The topological polar surface area (TPSA) is 46.1 Å². The van der Waals surface area contributed by atoms with Crippen LogP contribution in [0, 0.1) is 5.92 Å². The number of rotatable bonds is 6. The van der Waals surface area contributed by atoms with Crippen LogP contribution in [0.25, 0.3) is 0 Å². The molecule has 2 atom stereocenters. The number of nitrogens with zero attached hydrogens (tertiary/aromatic N) is 2. The van der Waals surface area contributed by atoms with Crippen LogP contribution in [0.5, 0.6) is 5.75 Å². The van der Waals surface area contributed by atoms with Crippen molar-refractivity contribution in [1.82, 2.24) is 10.2 Å². The first-order chi connectivity index (χ1) is 13.4. The van der Waals surface area contributed by atoms with Crippen LogP contribution in [0.1, 0.15) is 37.2 Å². The van der Waals surface area contributed by atoms with Crippen LogP contribution < -0.4 is 10.1 Å². The van der Waals surface area contributed by atoms with E-state index in [1.54, 1.807) is 25.2 Å². The second kappa shape index (κ2) is 10.7. The first-order valence-corrected chi connectivity index (χ1v) is 9.74. The van der Waals surface area contributed by atoms with Gasteiger partial charge < -0.3 is 19.7 Å². The van der Waals surface area contributed by atoms with Gasteiger partial charge in [0.15, 0.2) is 5.96 Å². The molecule has 0 amide bonds. The molecule has 29 heavy (non-hydrogen) atoms. The molecule has 0 spiro atoms. The van der Waals surface area contributed by atoms with E-state index in [-0.39, 0.29) is 41.7 Å². The van der Waals surface area contributed by atoms with E-state index in [4.69, 9.17) is 4.74 Å². The van der Waals surface area contributed by atoms with Gasteiger partial charge in [0.05, 0.1) is 0 Å². The summed E-state index contributed by atoms with van der Waals surface area (Å²) in [4.78, 5) is 6.42. The van der Waals surface area contributed by atoms with Gasteiger partial charge in [0.25, 0.3) is 0 Å². The van der Waals surface area contributed by atoms with Gasteiger partial charge in [-0.25, -0.2) is 0 Å². The Morgan fingerprint density at radius 2 is 1.97 bits per heavy atom. The highest BCUT2D eigenvalue weighted by Crippen LogP contribution is 2.45. The fraction of sp³-hybridized carbons (Fsp3) is 0.650. The molecule has 0 radical (unpaired) electrons. The lowest BCUT2D eigenvalue weighted by Gasteiger charge is -2.27. The second-order valence-electron chi connectivity index (χ2n) is 7.49. The molecule has 1 aromatic rings. The largest absolute Gasteiger partial charge is 0.573 e. The van der Waals surface area contributed by atoms with Crippen LogP contribution in [0.4, 0.5) is 13.2 Å². The number of nitrogens with one attached hydrogen (secondary N) is 1. The summed E-state index contributed by atoms with van der Waals surface area (Å²) in [5.74, 6) is 1.31. The van der Waals surface area contributed by atoms with Gasteiger partial charge in [-0.1, -0.05) is 18.2 Å². The van der Waals surface area contributed by atoms with E-state index in [1.807, 2.05) is 7.05 Å². The van der Waals surface area contributed by atoms with Gasteiger partial charge in [0.1, 0.15) is 5.75 Å². The first-order valence-electron chi connectivity index (χ1n) is 9.74. The van der Waals surface area contributed by atoms with Crippen LogP contribution in [0.3, 0.4) is 0 Å². The fourth-order valence-corrected chi connectivity index (χ4v) is 3.73. The maximum atomic E-state index is 12.6. The molecule has 9 heteroatoms. The number of alkyl halides is 3. The molecular weight excluding hydrogens is 498 g/mol. The van der Waals surface area contributed by atoms with E-state index in [9.17, 15) is 13.2 Å². The average molecular weight is 527 g/mol. The summed E-state index contributed by atoms with van der Waals surface area (Å²) in [6.45, 7) is 2.56. The maximum absolute atomic E-state index is 12.6. The third kappa shape index (κ3) is 7.20. The Morgan fingerprint density at radius 3 is 2.62 bits per heavy atom. The predicted molar refractivity (Wildman–Crippen MR) is 117 cm³/mol. The minimum Gasteiger partial charge on any atom is -0.405 e. The summed E-state index contributed by atoms with van der Waals surface area (Å²) in [7, 11) is 3.72. The Bertz CT molecular complexity index is 681. The van der Waals surface area contributed by atoms with Crippen molar-refractivity contribution >= 4 is 29.9 Å². The fourth-order valence-electron chi connectivity index (χ4n) is 3.73. The van der Waals surface area contributed by atoms with Crippen LogP contribution >= 0.6 is 24.0 Å². The highest BCUT2D eigenvalue weighted by molar-refractivity contribution is 14.0. The molecule has 1 saturated heterocycles. The van der Waals surface area contributed by atoms with Crippen molar-refractivity contribution in [3.8, 4) is 5.75 Å². The van der Waals surface area contributed by atoms with Gasteiger partial charge in [-0.3, -0.25) is 4.99 Å². The number of benzene rings is 1. The average Bonchev–Trinajstić information content (AvgIpc) is 3.43. The number of halogens is 4. The number of para-hydroxylation sites is 1. The Morgan fingerprint density at radius 1 is 1.28 bits per heavy atom. The molecule has 2 unspecified atom stereocenters. The standard InChI is InChI=1S/C20H28F3N3O2.HI/c1-24-19(26(2)10-7-14-8-11-27-12-9-14)25-17-13-16(17)15-5-3-4-6-18(15)28-20(21,22)23;/h3-6,14,16-17H,7-13H2,1-2H3,(H,24,25);1H. The van der Waals surface area contributed by atoms with Crippen LogP contribution in [-0.2, 0) is 4.74 Å². The van der Waals surface area contributed by atoms with E-state index in [0.717, 1.165) is 51.4 Å². The Kier molecular flexibility index (Phi) is 8.87. The number of ether oxygens (including phenoxy) is 2. The van der Waals surface area contributed by atoms with Crippen LogP contribution in [0.15, 0.2) is 29.3 Å². The minimum absolute atomic E-state index is 0. The van der Waals surface area contributed by atoms with Crippen molar-refractivity contribution in [1.29, 1.82) is 0 Å². The van der Waals surface area contributed by atoms with Crippen molar-refractivity contribution < 1.29 is 22.6 Å².